The lowest BCUT2D eigenvalue weighted by atomic mass is 10.2. The minimum atomic E-state index is -0.341. The molecule has 0 aromatic heterocycles. The van der Waals surface area contributed by atoms with Gasteiger partial charge in [-0.3, -0.25) is 0 Å². The lowest BCUT2D eigenvalue weighted by molar-refractivity contribution is -0.192. The maximum absolute atomic E-state index is 10.7. The van der Waals surface area contributed by atoms with Crippen molar-refractivity contribution in [3.8, 4) is 0 Å². The van der Waals surface area contributed by atoms with E-state index in [0.717, 1.165) is 25.9 Å². The van der Waals surface area contributed by atoms with Crippen molar-refractivity contribution in [1.82, 2.24) is 5.06 Å². The summed E-state index contributed by atoms with van der Waals surface area (Å²) in [5, 5.41) is 1.69. The zero-order valence-electron chi connectivity index (χ0n) is 6.58. The van der Waals surface area contributed by atoms with E-state index >= 15 is 0 Å². The summed E-state index contributed by atoms with van der Waals surface area (Å²) in [7, 11) is 0. The van der Waals surface area contributed by atoms with E-state index < -0.39 is 0 Å². The average molecular weight is 158 g/mol. The molecule has 0 spiro atoms. The minimum absolute atomic E-state index is 0.0312. The summed E-state index contributed by atoms with van der Waals surface area (Å²) in [4.78, 5) is 15.6. The summed E-state index contributed by atoms with van der Waals surface area (Å²) in [6, 6.07) is 0. The van der Waals surface area contributed by atoms with Crippen LogP contribution in [0.25, 0.3) is 0 Å². The molecule has 4 nitrogen and oxygen atoms in total. The molecule has 1 aliphatic heterocycles. The molecule has 2 N–H and O–H groups in total. The fourth-order valence-corrected chi connectivity index (χ4v) is 1.14. The van der Waals surface area contributed by atoms with Crippen LogP contribution in [0.1, 0.15) is 19.3 Å². The number of hydrogen-bond acceptors (Lipinski definition) is 4. The molecule has 1 aliphatic rings. The minimum Gasteiger partial charge on any atom is -0.367 e. The van der Waals surface area contributed by atoms with Crippen molar-refractivity contribution >= 4 is 5.97 Å². The summed E-state index contributed by atoms with van der Waals surface area (Å²) in [6.07, 6.45) is 3.45. The van der Waals surface area contributed by atoms with Gasteiger partial charge in [0.25, 0.3) is 0 Å². The Morgan fingerprint density at radius 2 is 2.00 bits per heavy atom. The Hall–Kier alpha value is -0.610. The standard InChI is InChI=1S/C7H14N2O2/c8-6-7(10)11-9-4-2-1-3-5-9/h1-6,8H2. The fraction of sp³-hybridized carbons (Fsp3) is 0.857. The Kier molecular flexibility index (Phi) is 3.32. The lowest BCUT2D eigenvalue weighted by Gasteiger charge is -2.24. The van der Waals surface area contributed by atoms with Crippen molar-refractivity contribution in [2.75, 3.05) is 19.6 Å². The Morgan fingerprint density at radius 1 is 1.36 bits per heavy atom. The maximum Gasteiger partial charge on any atom is 0.338 e. The summed E-state index contributed by atoms with van der Waals surface area (Å²) in [5.74, 6) is -0.341. The molecule has 0 saturated carbocycles. The van der Waals surface area contributed by atoms with E-state index in [-0.39, 0.29) is 12.5 Å². The molecule has 1 saturated heterocycles. The van der Waals surface area contributed by atoms with Gasteiger partial charge in [-0.1, -0.05) is 6.42 Å². The molecule has 1 heterocycles. The molecule has 64 valence electrons. The zero-order chi connectivity index (χ0) is 8.10. The first kappa shape index (κ1) is 8.49. The van der Waals surface area contributed by atoms with Crippen molar-refractivity contribution < 1.29 is 9.63 Å². The summed E-state index contributed by atoms with van der Waals surface area (Å²) >= 11 is 0. The van der Waals surface area contributed by atoms with Crippen molar-refractivity contribution in [1.29, 1.82) is 0 Å². The van der Waals surface area contributed by atoms with Crippen LogP contribution in [0.2, 0.25) is 0 Å². The van der Waals surface area contributed by atoms with E-state index in [1.165, 1.54) is 6.42 Å². The normalized spacial score (nSPS) is 19.7. The number of hydroxylamine groups is 2. The van der Waals surface area contributed by atoms with Gasteiger partial charge >= 0.3 is 5.97 Å². The van der Waals surface area contributed by atoms with Crippen LogP contribution in [-0.4, -0.2) is 30.7 Å². The van der Waals surface area contributed by atoms with E-state index in [2.05, 4.69) is 0 Å². The quantitative estimate of drug-likeness (QED) is 0.609. The monoisotopic (exact) mass is 158 g/mol. The number of carbonyl (C=O) groups excluding carboxylic acids is 1. The Bertz CT molecular complexity index is 132. The van der Waals surface area contributed by atoms with Gasteiger partial charge < -0.3 is 10.6 Å². The molecule has 0 amide bonds. The van der Waals surface area contributed by atoms with Crippen molar-refractivity contribution in [2.24, 2.45) is 5.73 Å². The Balaban J connectivity index is 2.19. The smallest absolute Gasteiger partial charge is 0.338 e. The first-order valence-corrected chi connectivity index (χ1v) is 3.99. The molecule has 0 atom stereocenters. The fourth-order valence-electron chi connectivity index (χ4n) is 1.14. The number of rotatable bonds is 2. The highest BCUT2D eigenvalue weighted by Gasteiger charge is 2.13. The van der Waals surface area contributed by atoms with Gasteiger partial charge in [-0.25, -0.2) is 4.79 Å². The van der Waals surface area contributed by atoms with E-state index in [4.69, 9.17) is 10.6 Å². The van der Waals surface area contributed by atoms with Gasteiger partial charge in [-0.2, -0.15) is 0 Å². The second-order valence-corrected chi connectivity index (χ2v) is 2.66. The van der Waals surface area contributed by atoms with Crippen molar-refractivity contribution in [2.45, 2.75) is 19.3 Å². The van der Waals surface area contributed by atoms with Crippen LogP contribution in [0, 0.1) is 0 Å². The third kappa shape index (κ3) is 2.86. The molecule has 0 radical (unpaired) electrons. The first-order valence-electron chi connectivity index (χ1n) is 3.99. The SMILES string of the molecule is NCC(=O)ON1CCCCC1. The van der Waals surface area contributed by atoms with Crippen LogP contribution in [0.4, 0.5) is 0 Å². The van der Waals surface area contributed by atoms with Crippen LogP contribution in [-0.2, 0) is 9.63 Å². The second kappa shape index (κ2) is 4.31. The van der Waals surface area contributed by atoms with Gasteiger partial charge in [0.05, 0.1) is 6.54 Å². The Morgan fingerprint density at radius 3 is 2.55 bits per heavy atom. The lowest BCUT2D eigenvalue weighted by Crippen LogP contribution is -2.34. The molecule has 0 unspecified atom stereocenters. The second-order valence-electron chi connectivity index (χ2n) is 2.66. The number of piperidine rings is 1. The van der Waals surface area contributed by atoms with E-state index in [9.17, 15) is 4.79 Å². The predicted octanol–water partition coefficient (Wildman–Crippen LogP) is -0.111. The third-order valence-corrected chi connectivity index (χ3v) is 1.71. The zero-order valence-corrected chi connectivity index (χ0v) is 6.58. The largest absolute Gasteiger partial charge is 0.367 e. The van der Waals surface area contributed by atoms with E-state index in [0.29, 0.717) is 0 Å². The van der Waals surface area contributed by atoms with Crippen molar-refractivity contribution in [3.63, 3.8) is 0 Å². The highest BCUT2D eigenvalue weighted by molar-refractivity contribution is 5.70. The number of carbonyl (C=O) groups is 1. The molecule has 4 heteroatoms. The van der Waals surface area contributed by atoms with Crippen LogP contribution < -0.4 is 5.73 Å². The van der Waals surface area contributed by atoms with Gasteiger partial charge in [0.1, 0.15) is 0 Å². The summed E-state index contributed by atoms with van der Waals surface area (Å²) in [6.45, 7) is 1.67. The average Bonchev–Trinajstić information content (AvgIpc) is 2.06. The molecular weight excluding hydrogens is 144 g/mol. The molecular formula is C7H14N2O2. The Labute approximate surface area is 66.3 Å². The predicted molar refractivity (Wildman–Crippen MR) is 40.6 cm³/mol. The van der Waals surface area contributed by atoms with Gasteiger partial charge in [0, 0.05) is 13.1 Å². The van der Waals surface area contributed by atoms with Crippen LogP contribution >= 0.6 is 0 Å². The third-order valence-electron chi connectivity index (χ3n) is 1.71. The molecule has 0 aliphatic carbocycles. The number of nitrogens with two attached hydrogens (primary N) is 1. The van der Waals surface area contributed by atoms with Crippen LogP contribution in [0.3, 0.4) is 0 Å². The summed E-state index contributed by atoms with van der Waals surface area (Å²) in [5.41, 5.74) is 5.09. The van der Waals surface area contributed by atoms with Gasteiger partial charge in [-0.05, 0) is 12.8 Å². The molecule has 0 aromatic carbocycles. The highest BCUT2D eigenvalue weighted by atomic mass is 16.7. The molecule has 1 fully saturated rings. The molecule has 0 aromatic rings. The first-order chi connectivity index (χ1) is 5.33. The number of nitrogens with zero attached hydrogens (tertiary/aromatic N) is 1. The van der Waals surface area contributed by atoms with Crippen molar-refractivity contribution in [3.05, 3.63) is 0 Å². The van der Waals surface area contributed by atoms with Crippen LogP contribution in [0.5, 0.6) is 0 Å². The summed E-state index contributed by atoms with van der Waals surface area (Å²) < 4.78 is 0. The van der Waals surface area contributed by atoms with E-state index in [1.54, 1.807) is 5.06 Å². The molecule has 11 heavy (non-hydrogen) atoms. The van der Waals surface area contributed by atoms with Crippen LogP contribution in [0.15, 0.2) is 0 Å². The van der Waals surface area contributed by atoms with E-state index in [1.807, 2.05) is 0 Å². The topological polar surface area (TPSA) is 55.6 Å². The maximum atomic E-state index is 10.7. The molecule has 0 bridgehead atoms. The van der Waals surface area contributed by atoms with Gasteiger partial charge in [0.2, 0.25) is 0 Å². The number of hydrogen-bond donors (Lipinski definition) is 1. The van der Waals surface area contributed by atoms with Gasteiger partial charge in [0.15, 0.2) is 0 Å². The highest BCUT2D eigenvalue weighted by Crippen LogP contribution is 2.08. The molecule has 1 rings (SSSR count). The van der Waals surface area contributed by atoms with Gasteiger partial charge in [-0.15, -0.1) is 5.06 Å².